The van der Waals surface area contributed by atoms with Gasteiger partial charge in [0, 0.05) is 6.04 Å². The third-order valence-electron chi connectivity index (χ3n) is 2.68. The minimum atomic E-state index is -3.62. The van der Waals surface area contributed by atoms with E-state index in [1.807, 2.05) is 24.3 Å². The molecule has 1 aromatic rings. The molecule has 5 heteroatoms. The Morgan fingerprint density at radius 1 is 1.33 bits per heavy atom. The minimum Gasteiger partial charge on any atom is -0.216 e. The molecule has 0 spiro atoms. The summed E-state index contributed by atoms with van der Waals surface area (Å²) in [6, 6.07) is 7.72. The number of nitrogens with one attached hydrogen (secondary N) is 1. The van der Waals surface area contributed by atoms with Gasteiger partial charge in [0.05, 0.1) is 0 Å². The van der Waals surface area contributed by atoms with E-state index in [1.54, 1.807) is 0 Å². The highest BCUT2D eigenvalue weighted by Crippen LogP contribution is 2.29. The molecule has 82 valence electrons. The highest BCUT2D eigenvalue weighted by Gasteiger charge is 2.22. The van der Waals surface area contributed by atoms with Crippen LogP contribution in [0, 0.1) is 0 Å². The number of nitrogens with two attached hydrogens (primary N) is 1. The second kappa shape index (κ2) is 3.92. The van der Waals surface area contributed by atoms with Gasteiger partial charge in [0.1, 0.15) is 0 Å². The van der Waals surface area contributed by atoms with E-state index in [4.69, 9.17) is 5.14 Å². The van der Waals surface area contributed by atoms with Crippen molar-refractivity contribution in [1.29, 1.82) is 0 Å². The number of rotatable bonds is 2. The van der Waals surface area contributed by atoms with Crippen molar-refractivity contribution in [3.05, 3.63) is 35.4 Å². The minimum absolute atomic E-state index is 0.162. The lowest BCUT2D eigenvalue weighted by Gasteiger charge is -2.25. The molecule has 0 heterocycles. The quantitative estimate of drug-likeness (QED) is 0.785. The van der Waals surface area contributed by atoms with Crippen LogP contribution >= 0.6 is 0 Å². The van der Waals surface area contributed by atoms with E-state index in [2.05, 4.69) is 4.72 Å². The molecule has 1 atom stereocenters. The zero-order valence-corrected chi connectivity index (χ0v) is 9.13. The van der Waals surface area contributed by atoms with E-state index in [0.29, 0.717) is 0 Å². The molecule has 4 nitrogen and oxygen atoms in total. The van der Waals surface area contributed by atoms with Crippen LogP contribution in [0.1, 0.15) is 30.0 Å². The summed E-state index contributed by atoms with van der Waals surface area (Å²) < 4.78 is 24.4. The van der Waals surface area contributed by atoms with Gasteiger partial charge >= 0.3 is 0 Å². The first-order valence-corrected chi connectivity index (χ1v) is 6.49. The van der Waals surface area contributed by atoms with Crippen molar-refractivity contribution in [2.75, 3.05) is 0 Å². The van der Waals surface area contributed by atoms with E-state index in [0.717, 1.165) is 24.8 Å². The monoisotopic (exact) mass is 226 g/mol. The first-order chi connectivity index (χ1) is 7.06. The molecule has 15 heavy (non-hydrogen) atoms. The van der Waals surface area contributed by atoms with Crippen LogP contribution in [0.2, 0.25) is 0 Å². The summed E-state index contributed by atoms with van der Waals surface area (Å²) in [6.45, 7) is 0. The first-order valence-electron chi connectivity index (χ1n) is 4.94. The molecule has 0 fully saturated rings. The molecular formula is C10H14N2O2S. The lowest BCUT2D eigenvalue weighted by atomic mass is 9.88. The third-order valence-corrected chi connectivity index (χ3v) is 3.29. The molecule has 0 aromatic heterocycles. The maximum atomic E-state index is 11.0. The average Bonchev–Trinajstić information content (AvgIpc) is 2.16. The highest BCUT2D eigenvalue weighted by molar-refractivity contribution is 7.87. The second-order valence-corrected chi connectivity index (χ2v) is 5.13. The van der Waals surface area contributed by atoms with Crippen LogP contribution in [-0.2, 0) is 16.6 Å². The van der Waals surface area contributed by atoms with E-state index >= 15 is 0 Å². The maximum absolute atomic E-state index is 11.0. The van der Waals surface area contributed by atoms with Gasteiger partial charge < -0.3 is 0 Å². The van der Waals surface area contributed by atoms with Gasteiger partial charge in [0.2, 0.25) is 0 Å². The molecule has 1 unspecified atom stereocenters. The zero-order valence-electron chi connectivity index (χ0n) is 8.31. The van der Waals surface area contributed by atoms with Crippen LogP contribution in [0.4, 0.5) is 0 Å². The Hall–Kier alpha value is -0.910. The fourth-order valence-electron chi connectivity index (χ4n) is 2.07. The largest absolute Gasteiger partial charge is 0.274 e. The fourth-order valence-corrected chi connectivity index (χ4v) is 2.72. The van der Waals surface area contributed by atoms with Crippen LogP contribution in [-0.4, -0.2) is 8.42 Å². The number of fused-ring (bicyclic) bond motifs is 1. The number of hydrogen-bond donors (Lipinski definition) is 2. The van der Waals surface area contributed by atoms with Gasteiger partial charge in [-0.2, -0.15) is 13.1 Å². The Balaban J connectivity index is 2.30. The average molecular weight is 226 g/mol. The van der Waals surface area contributed by atoms with Gasteiger partial charge in [-0.25, -0.2) is 5.14 Å². The van der Waals surface area contributed by atoms with E-state index in [1.165, 1.54) is 5.56 Å². The zero-order chi connectivity index (χ0) is 10.9. The van der Waals surface area contributed by atoms with E-state index < -0.39 is 10.2 Å². The molecule has 0 aliphatic heterocycles. The van der Waals surface area contributed by atoms with Crippen LogP contribution < -0.4 is 9.86 Å². The van der Waals surface area contributed by atoms with Crippen LogP contribution in [0.5, 0.6) is 0 Å². The van der Waals surface area contributed by atoms with Crippen LogP contribution in [0.25, 0.3) is 0 Å². The SMILES string of the molecule is NS(=O)(=O)NC1CCCc2ccccc21. The molecule has 2 rings (SSSR count). The molecular weight excluding hydrogens is 212 g/mol. The van der Waals surface area contributed by atoms with E-state index in [-0.39, 0.29) is 6.04 Å². The molecule has 1 aliphatic carbocycles. The summed E-state index contributed by atoms with van der Waals surface area (Å²) >= 11 is 0. The van der Waals surface area contributed by atoms with Crippen molar-refractivity contribution >= 4 is 10.2 Å². The summed E-state index contributed by atoms with van der Waals surface area (Å²) in [5.41, 5.74) is 2.27. The van der Waals surface area contributed by atoms with Gasteiger partial charge in [-0.15, -0.1) is 0 Å². The van der Waals surface area contributed by atoms with E-state index in [9.17, 15) is 8.42 Å². The molecule has 3 N–H and O–H groups in total. The topological polar surface area (TPSA) is 72.2 Å². The predicted octanol–water partition coefficient (Wildman–Crippen LogP) is 0.857. The van der Waals surface area contributed by atoms with Gasteiger partial charge in [-0.3, -0.25) is 0 Å². The summed E-state index contributed by atoms with van der Waals surface area (Å²) in [4.78, 5) is 0. The molecule has 0 saturated carbocycles. The smallest absolute Gasteiger partial charge is 0.216 e. The Bertz CT molecular complexity index is 456. The number of hydrogen-bond acceptors (Lipinski definition) is 2. The van der Waals surface area contributed by atoms with Gasteiger partial charge in [0.25, 0.3) is 10.2 Å². The standard InChI is InChI=1S/C10H14N2O2S/c11-15(13,14)12-10-7-3-5-8-4-1-2-6-9(8)10/h1-2,4,6,10,12H,3,5,7H2,(H2,11,13,14). The molecule has 0 saturated heterocycles. The summed E-state index contributed by atoms with van der Waals surface area (Å²) in [6.07, 6.45) is 2.82. The first kappa shape index (κ1) is 10.6. The molecule has 0 radical (unpaired) electrons. The Morgan fingerprint density at radius 2 is 2.07 bits per heavy atom. The van der Waals surface area contributed by atoms with Crippen molar-refractivity contribution < 1.29 is 8.42 Å². The third kappa shape index (κ3) is 2.56. The molecule has 1 aromatic carbocycles. The highest BCUT2D eigenvalue weighted by atomic mass is 32.2. The predicted molar refractivity (Wildman–Crippen MR) is 58.4 cm³/mol. The summed E-state index contributed by atoms with van der Waals surface area (Å²) in [5.74, 6) is 0. The molecule has 0 amide bonds. The van der Waals surface area contributed by atoms with Gasteiger partial charge in [0.15, 0.2) is 0 Å². The molecule has 1 aliphatic rings. The van der Waals surface area contributed by atoms with Crippen molar-refractivity contribution in [1.82, 2.24) is 4.72 Å². The van der Waals surface area contributed by atoms with Crippen molar-refractivity contribution in [2.45, 2.75) is 25.3 Å². The van der Waals surface area contributed by atoms with Crippen molar-refractivity contribution in [2.24, 2.45) is 5.14 Å². The Labute approximate surface area is 89.7 Å². The molecule has 0 bridgehead atoms. The number of benzene rings is 1. The lowest BCUT2D eigenvalue weighted by Crippen LogP contribution is -2.35. The second-order valence-electron chi connectivity index (χ2n) is 3.81. The van der Waals surface area contributed by atoms with Crippen LogP contribution in [0.15, 0.2) is 24.3 Å². The normalized spacial score (nSPS) is 21.0. The van der Waals surface area contributed by atoms with Crippen molar-refractivity contribution in [3.63, 3.8) is 0 Å². The van der Waals surface area contributed by atoms with Gasteiger partial charge in [-0.05, 0) is 30.4 Å². The van der Waals surface area contributed by atoms with Gasteiger partial charge in [-0.1, -0.05) is 24.3 Å². The lowest BCUT2D eigenvalue weighted by molar-refractivity contribution is 0.508. The maximum Gasteiger partial charge on any atom is 0.274 e. The Kier molecular flexibility index (Phi) is 2.77. The van der Waals surface area contributed by atoms with Crippen LogP contribution in [0.3, 0.4) is 0 Å². The summed E-state index contributed by atoms with van der Waals surface area (Å²) in [5, 5.41) is 4.98. The Morgan fingerprint density at radius 3 is 2.80 bits per heavy atom. The summed E-state index contributed by atoms with van der Waals surface area (Å²) in [7, 11) is -3.62. The van der Waals surface area contributed by atoms with Crippen molar-refractivity contribution in [3.8, 4) is 0 Å². The fraction of sp³-hybridized carbons (Fsp3) is 0.400. The number of aryl methyl sites for hydroxylation is 1.